The van der Waals surface area contributed by atoms with E-state index in [1.165, 1.54) is 12.8 Å². The van der Waals surface area contributed by atoms with Crippen molar-refractivity contribution in [1.82, 2.24) is 4.90 Å². The Morgan fingerprint density at radius 3 is 2.52 bits per heavy atom. The molecule has 2 aliphatic rings. The van der Waals surface area contributed by atoms with Gasteiger partial charge in [-0.1, -0.05) is 6.07 Å². The number of anilines is 2. The number of ether oxygens (including phenoxy) is 1. The van der Waals surface area contributed by atoms with E-state index in [0.717, 1.165) is 29.7 Å². The van der Waals surface area contributed by atoms with Gasteiger partial charge in [-0.25, -0.2) is 0 Å². The minimum Gasteiger partial charge on any atom is -0.397 e. The van der Waals surface area contributed by atoms with E-state index in [-0.39, 0.29) is 6.61 Å². The number of nitrogen functional groups attached to an aromatic ring is 1. The van der Waals surface area contributed by atoms with Gasteiger partial charge in [-0.15, -0.1) is 0 Å². The second kappa shape index (κ2) is 6.61. The maximum atomic E-state index is 12.5. The third kappa shape index (κ3) is 3.15. The zero-order chi connectivity index (χ0) is 16.6. The van der Waals surface area contributed by atoms with E-state index in [1.807, 2.05) is 12.1 Å². The normalized spacial score (nSPS) is 27.6. The van der Waals surface area contributed by atoms with Crippen LogP contribution in [0.1, 0.15) is 42.7 Å². The molecular formula is C17H25F2N3O. The number of nitrogens with two attached hydrogens (primary N) is 1. The van der Waals surface area contributed by atoms with Crippen molar-refractivity contribution in [3.05, 3.63) is 23.3 Å². The highest BCUT2D eigenvalue weighted by molar-refractivity contribution is 5.72. The standard InChI is InChI=1S/C17H25F2N3O/c1-21-16-14(9-23-17(18)19)13(5-6-15(16)20)10-7-11-3-4-12(8-10)22(11)2/h5-6,10-12,17,21H,3-4,7-9,20H2,1-2H3. The highest BCUT2D eigenvalue weighted by atomic mass is 19.3. The molecule has 1 aromatic carbocycles. The summed E-state index contributed by atoms with van der Waals surface area (Å²) in [5.74, 6) is 0.382. The zero-order valence-electron chi connectivity index (χ0n) is 13.7. The van der Waals surface area contributed by atoms with Crippen LogP contribution in [0.15, 0.2) is 12.1 Å². The first-order valence-corrected chi connectivity index (χ1v) is 8.22. The highest BCUT2D eigenvalue weighted by Gasteiger charge is 2.39. The summed E-state index contributed by atoms with van der Waals surface area (Å²) in [6.45, 7) is -2.89. The Morgan fingerprint density at radius 2 is 1.96 bits per heavy atom. The van der Waals surface area contributed by atoms with Crippen molar-refractivity contribution in [2.45, 2.75) is 56.9 Å². The molecule has 0 radical (unpaired) electrons. The molecule has 0 saturated carbocycles. The lowest BCUT2D eigenvalue weighted by Crippen LogP contribution is -2.39. The van der Waals surface area contributed by atoms with Crippen LogP contribution in [-0.4, -0.2) is 37.7 Å². The first-order valence-electron chi connectivity index (χ1n) is 8.22. The quantitative estimate of drug-likeness (QED) is 0.815. The van der Waals surface area contributed by atoms with Crippen molar-refractivity contribution in [1.29, 1.82) is 0 Å². The molecule has 2 fully saturated rings. The van der Waals surface area contributed by atoms with Gasteiger partial charge in [0, 0.05) is 24.7 Å². The van der Waals surface area contributed by atoms with Crippen molar-refractivity contribution >= 4 is 11.4 Å². The Kier molecular flexibility index (Phi) is 4.73. The Labute approximate surface area is 136 Å². The number of fused-ring (bicyclic) bond motifs is 2. The molecule has 4 nitrogen and oxygen atoms in total. The third-order valence-corrected chi connectivity index (χ3v) is 5.52. The van der Waals surface area contributed by atoms with E-state index in [4.69, 9.17) is 5.73 Å². The maximum absolute atomic E-state index is 12.5. The lowest BCUT2D eigenvalue weighted by molar-refractivity contribution is -0.137. The van der Waals surface area contributed by atoms with Crippen LogP contribution in [0.5, 0.6) is 0 Å². The molecular weight excluding hydrogens is 300 g/mol. The summed E-state index contributed by atoms with van der Waals surface area (Å²) >= 11 is 0. The number of halogens is 2. The van der Waals surface area contributed by atoms with Crippen molar-refractivity contribution in [2.75, 3.05) is 25.1 Å². The van der Waals surface area contributed by atoms with Crippen LogP contribution < -0.4 is 11.1 Å². The zero-order valence-corrected chi connectivity index (χ0v) is 13.7. The van der Waals surface area contributed by atoms with Crippen molar-refractivity contribution in [2.24, 2.45) is 0 Å². The molecule has 1 aromatic rings. The second-order valence-corrected chi connectivity index (χ2v) is 6.64. The molecule has 6 heteroatoms. The highest BCUT2D eigenvalue weighted by Crippen LogP contribution is 2.44. The Balaban J connectivity index is 1.91. The number of piperidine rings is 1. The fourth-order valence-corrected chi connectivity index (χ4v) is 4.33. The SMILES string of the molecule is CNc1c(N)ccc(C2CC3CCC(C2)N3C)c1COC(F)F. The lowest BCUT2D eigenvalue weighted by atomic mass is 9.82. The molecule has 2 heterocycles. The molecule has 2 bridgehead atoms. The molecule has 128 valence electrons. The third-order valence-electron chi connectivity index (χ3n) is 5.52. The largest absolute Gasteiger partial charge is 0.397 e. The summed E-state index contributed by atoms with van der Waals surface area (Å²) in [5.41, 5.74) is 9.18. The average molecular weight is 325 g/mol. The molecule has 0 aromatic heterocycles. The van der Waals surface area contributed by atoms with E-state index >= 15 is 0 Å². The fraction of sp³-hybridized carbons (Fsp3) is 0.647. The van der Waals surface area contributed by atoms with E-state index in [9.17, 15) is 8.78 Å². The number of nitrogens with one attached hydrogen (secondary N) is 1. The maximum Gasteiger partial charge on any atom is 0.345 e. The molecule has 2 atom stereocenters. The van der Waals surface area contributed by atoms with Crippen molar-refractivity contribution < 1.29 is 13.5 Å². The number of nitrogens with zero attached hydrogens (tertiary/aromatic N) is 1. The van der Waals surface area contributed by atoms with Crippen molar-refractivity contribution in [3.63, 3.8) is 0 Å². The average Bonchev–Trinajstić information content (AvgIpc) is 2.74. The van der Waals surface area contributed by atoms with Crippen LogP contribution in [0, 0.1) is 0 Å². The Bertz CT molecular complexity index is 553. The van der Waals surface area contributed by atoms with Gasteiger partial charge in [0.15, 0.2) is 0 Å². The molecule has 23 heavy (non-hydrogen) atoms. The molecule has 3 rings (SSSR count). The summed E-state index contributed by atoms with van der Waals surface area (Å²) in [6.07, 6.45) is 4.60. The van der Waals surface area contributed by atoms with Gasteiger partial charge in [0.1, 0.15) is 0 Å². The number of hydrogen-bond donors (Lipinski definition) is 2. The predicted octanol–water partition coefficient (Wildman–Crippen LogP) is 3.39. The van der Waals surface area contributed by atoms with Gasteiger partial charge in [-0.3, -0.25) is 0 Å². The molecule has 0 amide bonds. The van der Waals surface area contributed by atoms with Crippen LogP contribution in [0.2, 0.25) is 0 Å². The minimum atomic E-state index is -2.78. The van der Waals surface area contributed by atoms with Gasteiger partial charge < -0.3 is 20.7 Å². The molecule has 3 N–H and O–H groups in total. The summed E-state index contributed by atoms with van der Waals surface area (Å²) in [7, 11) is 3.96. The monoisotopic (exact) mass is 325 g/mol. The van der Waals surface area contributed by atoms with Gasteiger partial charge in [0.05, 0.1) is 18.0 Å². The molecule has 0 aliphatic carbocycles. The van der Waals surface area contributed by atoms with Crippen LogP contribution in [-0.2, 0) is 11.3 Å². The van der Waals surface area contributed by atoms with Gasteiger partial charge >= 0.3 is 6.61 Å². The lowest BCUT2D eigenvalue weighted by Gasteiger charge is -2.37. The molecule has 2 aliphatic heterocycles. The van der Waals surface area contributed by atoms with Gasteiger partial charge in [-0.2, -0.15) is 8.78 Å². The van der Waals surface area contributed by atoms with Crippen LogP contribution in [0.25, 0.3) is 0 Å². The van der Waals surface area contributed by atoms with E-state index in [2.05, 4.69) is 22.0 Å². The summed E-state index contributed by atoms with van der Waals surface area (Å²) < 4.78 is 29.7. The summed E-state index contributed by atoms with van der Waals surface area (Å²) in [4.78, 5) is 2.47. The summed E-state index contributed by atoms with van der Waals surface area (Å²) in [5, 5.41) is 3.05. The first kappa shape index (κ1) is 16.5. The Hall–Kier alpha value is -1.40. The molecule has 2 saturated heterocycles. The molecule has 2 unspecified atom stereocenters. The molecule has 0 spiro atoms. The van der Waals surface area contributed by atoms with Crippen LogP contribution in [0.4, 0.5) is 20.2 Å². The smallest absolute Gasteiger partial charge is 0.345 e. The van der Waals surface area contributed by atoms with Crippen molar-refractivity contribution in [3.8, 4) is 0 Å². The number of rotatable bonds is 5. The summed E-state index contributed by atoms with van der Waals surface area (Å²) in [6, 6.07) is 5.06. The van der Waals surface area contributed by atoms with Gasteiger partial charge in [-0.05, 0) is 50.3 Å². The van der Waals surface area contributed by atoms with Crippen LogP contribution in [0.3, 0.4) is 0 Å². The van der Waals surface area contributed by atoms with E-state index in [1.54, 1.807) is 7.05 Å². The number of hydrogen-bond acceptors (Lipinski definition) is 4. The number of alkyl halides is 2. The first-order chi connectivity index (χ1) is 11.0. The Morgan fingerprint density at radius 1 is 1.30 bits per heavy atom. The van der Waals surface area contributed by atoms with E-state index in [0.29, 0.717) is 23.7 Å². The second-order valence-electron chi connectivity index (χ2n) is 6.64. The van der Waals surface area contributed by atoms with E-state index < -0.39 is 6.61 Å². The minimum absolute atomic E-state index is 0.115. The van der Waals surface area contributed by atoms with Gasteiger partial charge in [0.25, 0.3) is 0 Å². The van der Waals surface area contributed by atoms with Gasteiger partial charge in [0.2, 0.25) is 0 Å². The number of benzene rings is 1. The predicted molar refractivity (Wildman–Crippen MR) is 87.7 cm³/mol. The van der Waals surface area contributed by atoms with Crippen LogP contribution >= 0.6 is 0 Å². The topological polar surface area (TPSA) is 50.5 Å². The fourth-order valence-electron chi connectivity index (χ4n) is 4.33.